The molecule has 0 radical (unpaired) electrons. The van der Waals surface area contributed by atoms with Crippen molar-refractivity contribution in [2.75, 3.05) is 15.9 Å². The van der Waals surface area contributed by atoms with E-state index in [-0.39, 0.29) is 11.9 Å². The van der Waals surface area contributed by atoms with Crippen molar-refractivity contribution in [3.05, 3.63) is 59.7 Å². The molecule has 0 aliphatic heterocycles. The van der Waals surface area contributed by atoms with Crippen molar-refractivity contribution in [3.8, 4) is 0 Å². The number of carbonyl (C=O) groups is 2. The van der Waals surface area contributed by atoms with Gasteiger partial charge in [0.25, 0.3) is 5.91 Å². The zero-order chi connectivity index (χ0) is 23.3. The number of hydrogen-bond acceptors (Lipinski definition) is 4. The summed E-state index contributed by atoms with van der Waals surface area (Å²) in [6, 6.07) is 12.8. The summed E-state index contributed by atoms with van der Waals surface area (Å²) in [4.78, 5) is 25.9. The van der Waals surface area contributed by atoms with E-state index in [1.165, 1.54) is 13.3 Å². The molecule has 1 aliphatic carbocycles. The van der Waals surface area contributed by atoms with Crippen molar-refractivity contribution in [2.45, 2.75) is 58.0 Å². The van der Waals surface area contributed by atoms with E-state index in [1.807, 2.05) is 6.92 Å². The summed E-state index contributed by atoms with van der Waals surface area (Å²) in [5.74, 6) is -0.757. The van der Waals surface area contributed by atoms with Crippen molar-refractivity contribution in [1.29, 1.82) is 0 Å². The number of para-hydroxylation sites is 1. The minimum Gasteiger partial charge on any atom is -0.349 e. The number of hydrogen-bond donors (Lipinski definition) is 2. The zero-order valence-electron chi connectivity index (χ0n) is 18.8. The van der Waals surface area contributed by atoms with E-state index in [4.69, 9.17) is 0 Å². The average Bonchev–Trinajstić information content (AvgIpc) is 2.75. The highest BCUT2D eigenvalue weighted by molar-refractivity contribution is 7.92. The van der Waals surface area contributed by atoms with E-state index < -0.39 is 22.0 Å². The molecule has 32 heavy (non-hydrogen) atoms. The Morgan fingerprint density at radius 3 is 2.25 bits per heavy atom. The fraction of sp³-hybridized carbons (Fsp3) is 0.417. The molecule has 2 aromatic carbocycles. The third kappa shape index (κ3) is 5.88. The van der Waals surface area contributed by atoms with Gasteiger partial charge in [-0.1, -0.05) is 49.1 Å². The number of carbonyl (C=O) groups excluding carboxylic acids is 2. The van der Waals surface area contributed by atoms with E-state index in [0.29, 0.717) is 16.9 Å². The number of benzene rings is 2. The molecule has 1 saturated carbocycles. The predicted octanol–water partition coefficient (Wildman–Crippen LogP) is 3.85. The zero-order valence-corrected chi connectivity index (χ0v) is 19.6. The van der Waals surface area contributed by atoms with Gasteiger partial charge in [-0.2, -0.15) is 0 Å². The van der Waals surface area contributed by atoms with Crippen LogP contribution in [0.25, 0.3) is 0 Å². The summed E-state index contributed by atoms with van der Waals surface area (Å²) in [6.07, 6.45) is 6.37. The minimum absolute atomic E-state index is 0.140. The van der Waals surface area contributed by atoms with Crippen LogP contribution in [-0.4, -0.2) is 38.6 Å². The molecule has 1 aliphatic rings. The van der Waals surface area contributed by atoms with Gasteiger partial charge in [0.05, 0.1) is 23.2 Å². The monoisotopic (exact) mass is 457 g/mol. The van der Waals surface area contributed by atoms with Gasteiger partial charge in [0.2, 0.25) is 15.9 Å². The number of anilines is 2. The minimum atomic E-state index is -3.72. The van der Waals surface area contributed by atoms with Crippen LogP contribution in [0.4, 0.5) is 11.4 Å². The molecule has 172 valence electrons. The maximum absolute atomic E-state index is 13.1. The second kappa shape index (κ2) is 10.2. The summed E-state index contributed by atoms with van der Waals surface area (Å²) < 4.78 is 26.1. The molecule has 3 rings (SSSR count). The third-order valence-corrected chi connectivity index (χ3v) is 6.99. The van der Waals surface area contributed by atoms with Gasteiger partial charge in [-0.25, -0.2) is 8.42 Å². The first-order valence-electron chi connectivity index (χ1n) is 10.9. The van der Waals surface area contributed by atoms with Crippen LogP contribution < -0.4 is 14.9 Å². The van der Waals surface area contributed by atoms with Gasteiger partial charge < -0.3 is 10.6 Å². The standard InChI is InChI=1S/C24H31N3O4S/c1-17-13-15-20(16-14-17)27(32(3,30)31)18(2)23(28)26-22-12-8-7-11-21(22)24(29)25-19-9-5-4-6-10-19/h7-8,11-16,18-19H,4-6,9-10H2,1-3H3,(H,25,29)(H,26,28)/t18-/m1/s1. The van der Waals surface area contributed by atoms with Crippen molar-refractivity contribution < 1.29 is 18.0 Å². The molecule has 0 unspecified atom stereocenters. The summed E-state index contributed by atoms with van der Waals surface area (Å²) in [5, 5.41) is 5.82. The van der Waals surface area contributed by atoms with Crippen LogP contribution in [0.2, 0.25) is 0 Å². The number of sulfonamides is 1. The second-order valence-corrected chi connectivity index (χ2v) is 10.3. The highest BCUT2D eigenvalue weighted by Crippen LogP contribution is 2.24. The Hall–Kier alpha value is -2.87. The Labute approximate surface area is 190 Å². The Morgan fingerprint density at radius 1 is 1.00 bits per heavy atom. The normalized spacial score (nSPS) is 15.6. The number of rotatable bonds is 7. The van der Waals surface area contributed by atoms with Crippen LogP contribution in [-0.2, 0) is 14.8 Å². The Bertz CT molecular complexity index is 1060. The number of nitrogens with one attached hydrogen (secondary N) is 2. The molecule has 0 spiro atoms. The lowest BCUT2D eigenvalue weighted by Gasteiger charge is -2.28. The van der Waals surface area contributed by atoms with Gasteiger partial charge in [0, 0.05) is 6.04 Å². The molecule has 0 saturated heterocycles. The molecule has 0 heterocycles. The largest absolute Gasteiger partial charge is 0.349 e. The van der Waals surface area contributed by atoms with E-state index in [1.54, 1.807) is 48.5 Å². The Kier molecular flexibility index (Phi) is 7.56. The number of aryl methyl sites for hydroxylation is 1. The molecule has 2 N–H and O–H groups in total. The average molecular weight is 458 g/mol. The molecule has 2 amide bonds. The van der Waals surface area contributed by atoms with Gasteiger partial charge in [0.15, 0.2) is 0 Å². The van der Waals surface area contributed by atoms with Crippen LogP contribution in [0.3, 0.4) is 0 Å². The lowest BCUT2D eigenvalue weighted by molar-refractivity contribution is -0.116. The predicted molar refractivity (Wildman–Crippen MR) is 127 cm³/mol. The molecule has 7 nitrogen and oxygen atoms in total. The molecular formula is C24H31N3O4S. The fourth-order valence-electron chi connectivity index (χ4n) is 4.04. The van der Waals surface area contributed by atoms with Crippen LogP contribution in [0, 0.1) is 6.92 Å². The molecular weight excluding hydrogens is 426 g/mol. The first-order chi connectivity index (χ1) is 15.2. The summed E-state index contributed by atoms with van der Waals surface area (Å²) >= 11 is 0. The topological polar surface area (TPSA) is 95.6 Å². The molecule has 0 bridgehead atoms. The van der Waals surface area contributed by atoms with Crippen LogP contribution in [0.5, 0.6) is 0 Å². The van der Waals surface area contributed by atoms with Gasteiger partial charge in [-0.05, 0) is 51.0 Å². The van der Waals surface area contributed by atoms with Gasteiger partial charge >= 0.3 is 0 Å². The maximum Gasteiger partial charge on any atom is 0.253 e. The first-order valence-corrected chi connectivity index (χ1v) is 12.8. The molecule has 1 atom stereocenters. The molecule has 1 fully saturated rings. The van der Waals surface area contributed by atoms with E-state index in [2.05, 4.69) is 10.6 Å². The Balaban J connectivity index is 1.79. The van der Waals surface area contributed by atoms with Crippen LogP contribution in [0.15, 0.2) is 48.5 Å². The van der Waals surface area contributed by atoms with Crippen LogP contribution >= 0.6 is 0 Å². The van der Waals surface area contributed by atoms with E-state index in [0.717, 1.165) is 41.8 Å². The van der Waals surface area contributed by atoms with Crippen LogP contribution in [0.1, 0.15) is 54.9 Å². The molecule has 8 heteroatoms. The highest BCUT2D eigenvalue weighted by Gasteiger charge is 2.30. The van der Waals surface area contributed by atoms with Crippen molar-refractivity contribution >= 4 is 33.2 Å². The quantitative estimate of drug-likeness (QED) is 0.660. The lowest BCUT2D eigenvalue weighted by atomic mass is 9.95. The molecule has 2 aromatic rings. The maximum atomic E-state index is 13.1. The van der Waals surface area contributed by atoms with E-state index >= 15 is 0 Å². The van der Waals surface area contributed by atoms with Gasteiger partial charge in [-0.3, -0.25) is 13.9 Å². The SMILES string of the molecule is Cc1ccc(N([C@H](C)C(=O)Nc2ccccc2C(=O)NC2CCCCC2)S(C)(=O)=O)cc1. The van der Waals surface area contributed by atoms with Crippen molar-refractivity contribution in [2.24, 2.45) is 0 Å². The third-order valence-electron chi connectivity index (χ3n) is 5.75. The smallest absolute Gasteiger partial charge is 0.253 e. The Morgan fingerprint density at radius 2 is 1.62 bits per heavy atom. The summed E-state index contributed by atoms with van der Waals surface area (Å²) in [6.45, 7) is 3.43. The second-order valence-electron chi connectivity index (χ2n) is 8.41. The van der Waals surface area contributed by atoms with Gasteiger partial charge in [0.1, 0.15) is 6.04 Å². The highest BCUT2D eigenvalue weighted by atomic mass is 32.2. The number of amides is 2. The number of nitrogens with zero attached hydrogens (tertiary/aromatic N) is 1. The molecule has 0 aromatic heterocycles. The summed E-state index contributed by atoms with van der Waals surface area (Å²) in [5.41, 5.74) is 2.11. The fourth-order valence-corrected chi connectivity index (χ4v) is 5.21. The first kappa shape index (κ1) is 23.8. The lowest BCUT2D eigenvalue weighted by Crippen LogP contribution is -2.45. The van der Waals surface area contributed by atoms with Crippen molar-refractivity contribution in [1.82, 2.24) is 5.32 Å². The summed E-state index contributed by atoms with van der Waals surface area (Å²) in [7, 11) is -3.72. The van der Waals surface area contributed by atoms with Crippen molar-refractivity contribution in [3.63, 3.8) is 0 Å². The van der Waals surface area contributed by atoms with Gasteiger partial charge in [-0.15, -0.1) is 0 Å². The van der Waals surface area contributed by atoms with E-state index in [9.17, 15) is 18.0 Å².